The molecule has 2 atom stereocenters. The number of carbonyl (C=O) groups excluding carboxylic acids is 1. The van der Waals surface area contributed by atoms with Gasteiger partial charge < -0.3 is 9.64 Å². The zero-order valence-electron chi connectivity index (χ0n) is 13.9. The second kappa shape index (κ2) is 5.84. The lowest BCUT2D eigenvalue weighted by atomic mass is 10.0. The zero-order chi connectivity index (χ0) is 17.6. The maximum atomic E-state index is 14.0. The van der Waals surface area contributed by atoms with E-state index in [1.54, 1.807) is 27.7 Å². The van der Waals surface area contributed by atoms with Gasteiger partial charge in [-0.15, -0.1) is 0 Å². The number of hydrogen-bond acceptors (Lipinski definition) is 4. The van der Waals surface area contributed by atoms with Crippen molar-refractivity contribution in [1.29, 1.82) is 0 Å². The third kappa shape index (κ3) is 4.12. The van der Waals surface area contributed by atoms with Crippen LogP contribution in [0.25, 0.3) is 0 Å². The smallest absolute Gasteiger partial charge is 0.410 e. The summed E-state index contributed by atoms with van der Waals surface area (Å²) in [5, 5.41) is -0.576. The molecule has 2 heterocycles. The Hall–Kier alpha value is -0.960. The number of nitrogens with zero attached hydrogens (tertiary/aromatic N) is 2. The molecule has 0 aromatic heterocycles. The largest absolute Gasteiger partial charge is 0.444 e. The first-order valence-electron chi connectivity index (χ1n) is 7.68. The van der Waals surface area contributed by atoms with E-state index in [-0.39, 0.29) is 13.1 Å². The standard InChI is InChI=1S/C14H24F2N2O4S/c1-10-5-6-18(23(10,20)21)11-7-14(15,16)9-17(8-11)12(19)22-13(2,3)4/h10-11H,5-9H2,1-4H3/t10-,11-/m1/s1. The van der Waals surface area contributed by atoms with E-state index < -0.39 is 51.9 Å². The van der Waals surface area contributed by atoms with Crippen molar-refractivity contribution in [1.82, 2.24) is 9.21 Å². The van der Waals surface area contributed by atoms with Gasteiger partial charge in [0.05, 0.1) is 11.8 Å². The van der Waals surface area contributed by atoms with E-state index in [0.29, 0.717) is 6.42 Å². The summed E-state index contributed by atoms with van der Waals surface area (Å²) in [6.45, 7) is 5.91. The van der Waals surface area contributed by atoms with E-state index in [1.165, 1.54) is 0 Å². The quantitative estimate of drug-likeness (QED) is 0.723. The molecule has 0 aromatic carbocycles. The van der Waals surface area contributed by atoms with Crippen molar-refractivity contribution in [2.45, 2.75) is 63.4 Å². The second-order valence-corrected chi connectivity index (χ2v) is 9.63. The lowest BCUT2D eigenvalue weighted by molar-refractivity contribution is -0.0861. The highest BCUT2D eigenvalue weighted by molar-refractivity contribution is 7.90. The van der Waals surface area contributed by atoms with Crippen LogP contribution in [0.5, 0.6) is 0 Å². The van der Waals surface area contributed by atoms with Gasteiger partial charge in [0.25, 0.3) is 5.92 Å². The van der Waals surface area contributed by atoms with Crippen molar-refractivity contribution in [3.05, 3.63) is 0 Å². The Labute approximate surface area is 135 Å². The molecule has 0 radical (unpaired) electrons. The van der Waals surface area contributed by atoms with Crippen LogP contribution in [0, 0.1) is 0 Å². The first-order valence-corrected chi connectivity index (χ1v) is 9.18. The number of rotatable bonds is 1. The first-order chi connectivity index (χ1) is 10.3. The van der Waals surface area contributed by atoms with Gasteiger partial charge in [0, 0.05) is 25.6 Å². The van der Waals surface area contributed by atoms with E-state index in [9.17, 15) is 22.0 Å². The Balaban J connectivity index is 2.18. The minimum Gasteiger partial charge on any atom is -0.444 e. The summed E-state index contributed by atoms with van der Waals surface area (Å²) in [5.74, 6) is -3.14. The number of halogens is 2. The van der Waals surface area contributed by atoms with Crippen molar-refractivity contribution in [3.63, 3.8) is 0 Å². The SMILES string of the molecule is C[C@@H]1CCN([C@H]2CN(C(=O)OC(C)(C)C)CC(F)(F)C2)S1(=O)=O. The number of piperidine rings is 1. The van der Waals surface area contributed by atoms with Crippen LogP contribution in [0.15, 0.2) is 0 Å². The van der Waals surface area contributed by atoms with Crippen LogP contribution in [-0.2, 0) is 14.8 Å². The van der Waals surface area contributed by atoms with Crippen LogP contribution in [0.3, 0.4) is 0 Å². The normalized spacial score (nSPS) is 31.1. The molecule has 2 aliphatic heterocycles. The van der Waals surface area contributed by atoms with Gasteiger partial charge in [-0.1, -0.05) is 0 Å². The van der Waals surface area contributed by atoms with E-state index in [2.05, 4.69) is 0 Å². The molecule has 9 heteroatoms. The Morgan fingerprint density at radius 1 is 1.30 bits per heavy atom. The van der Waals surface area contributed by atoms with Crippen LogP contribution < -0.4 is 0 Å². The van der Waals surface area contributed by atoms with Crippen LogP contribution in [0.2, 0.25) is 0 Å². The maximum absolute atomic E-state index is 14.0. The summed E-state index contributed by atoms with van der Waals surface area (Å²) < 4.78 is 58.8. The molecular weight excluding hydrogens is 330 g/mol. The number of alkyl halides is 2. The highest BCUT2D eigenvalue weighted by Crippen LogP contribution is 2.34. The molecule has 0 aromatic rings. The molecule has 1 amide bonds. The van der Waals surface area contributed by atoms with Crippen molar-refractivity contribution >= 4 is 16.1 Å². The number of carbonyl (C=O) groups is 1. The van der Waals surface area contributed by atoms with Gasteiger partial charge in [-0.2, -0.15) is 4.31 Å². The molecule has 23 heavy (non-hydrogen) atoms. The van der Waals surface area contributed by atoms with Crippen molar-refractivity contribution in [2.24, 2.45) is 0 Å². The van der Waals surface area contributed by atoms with Gasteiger partial charge in [0.1, 0.15) is 5.60 Å². The molecule has 134 valence electrons. The Bertz CT molecular complexity index is 574. The fourth-order valence-corrected chi connectivity index (χ4v) is 4.72. The molecule has 2 rings (SSSR count). The van der Waals surface area contributed by atoms with Crippen LogP contribution >= 0.6 is 0 Å². The molecular formula is C14H24F2N2O4S. The molecule has 0 unspecified atom stereocenters. The lowest BCUT2D eigenvalue weighted by Crippen LogP contribution is -2.57. The summed E-state index contributed by atoms with van der Waals surface area (Å²) >= 11 is 0. The van der Waals surface area contributed by atoms with Gasteiger partial charge in [-0.05, 0) is 34.1 Å². The Morgan fingerprint density at radius 2 is 1.91 bits per heavy atom. The predicted molar refractivity (Wildman–Crippen MR) is 80.9 cm³/mol. The van der Waals surface area contributed by atoms with Crippen LogP contribution in [-0.4, -0.2) is 66.2 Å². The maximum Gasteiger partial charge on any atom is 0.410 e. The fraction of sp³-hybridized carbons (Fsp3) is 0.929. The van der Waals surface area contributed by atoms with Crippen molar-refractivity contribution < 1.29 is 26.7 Å². The molecule has 2 saturated heterocycles. The minimum atomic E-state index is -3.58. The molecule has 0 saturated carbocycles. The van der Waals surface area contributed by atoms with Gasteiger partial charge in [0.2, 0.25) is 10.0 Å². The van der Waals surface area contributed by atoms with Crippen molar-refractivity contribution in [2.75, 3.05) is 19.6 Å². The highest BCUT2D eigenvalue weighted by Gasteiger charge is 2.49. The van der Waals surface area contributed by atoms with E-state index in [1.807, 2.05) is 0 Å². The molecule has 0 bridgehead atoms. The zero-order valence-corrected chi connectivity index (χ0v) is 14.7. The van der Waals surface area contributed by atoms with Crippen LogP contribution in [0.1, 0.15) is 40.5 Å². The molecule has 0 spiro atoms. The van der Waals surface area contributed by atoms with Gasteiger partial charge in [-0.3, -0.25) is 0 Å². The average Bonchev–Trinajstić information content (AvgIpc) is 2.60. The summed E-state index contributed by atoms with van der Waals surface area (Å²) in [7, 11) is -3.58. The third-order valence-electron chi connectivity index (χ3n) is 4.04. The number of likely N-dealkylation sites (tertiary alicyclic amines) is 1. The van der Waals surface area contributed by atoms with Gasteiger partial charge >= 0.3 is 6.09 Å². The molecule has 0 N–H and O–H groups in total. The van der Waals surface area contributed by atoms with Gasteiger partial charge in [-0.25, -0.2) is 22.0 Å². The predicted octanol–water partition coefficient (Wildman–Crippen LogP) is 2.06. The molecule has 0 aliphatic carbocycles. The van der Waals surface area contributed by atoms with E-state index in [0.717, 1.165) is 9.21 Å². The second-order valence-electron chi connectivity index (χ2n) is 7.33. The molecule has 2 aliphatic rings. The fourth-order valence-electron chi connectivity index (χ4n) is 2.94. The van der Waals surface area contributed by atoms with E-state index >= 15 is 0 Å². The Morgan fingerprint density at radius 3 is 2.39 bits per heavy atom. The lowest BCUT2D eigenvalue weighted by Gasteiger charge is -2.40. The molecule has 6 nitrogen and oxygen atoms in total. The topological polar surface area (TPSA) is 66.9 Å². The van der Waals surface area contributed by atoms with E-state index in [4.69, 9.17) is 4.74 Å². The monoisotopic (exact) mass is 354 g/mol. The number of amides is 1. The first kappa shape index (κ1) is 18.4. The number of sulfonamides is 1. The summed E-state index contributed by atoms with van der Waals surface area (Å²) in [6.07, 6.45) is -0.999. The number of ether oxygens (including phenoxy) is 1. The minimum absolute atomic E-state index is 0.0730. The third-order valence-corrected chi connectivity index (χ3v) is 6.43. The van der Waals surface area contributed by atoms with Gasteiger partial charge in [0.15, 0.2) is 0 Å². The summed E-state index contributed by atoms with van der Waals surface area (Å²) in [4.78, 5) is 13.0. The van der Waals surface area contributed by atoms with Crippen LogP contribution in [0.4, 0.5) is 13.6 Å². The summed E-state index contributed by atoms with van der Waals surface area (Å²) in [6, 6.07) is -0.916. The van der Waals surface area contributed by atoms with Crippen molar-refractivity contribution in [3.8, 4) is 0 Å². The average molecular weight is 354 g/mol. The summed E-state index contributed by atoms with van der Waals surface area (Å²) in [5.41, 5.74) is -0.798. The Kier molecular flexibility index (Phi) is 4.67. The highest BCUT2D eigenvalue weighted by atomic mass is 32.2. The number of hydrogen-bond donors (Lipinski definition) is 0. The molecule has 2 fully saturated rings.